The molecule has 0 amide bonds. The monoisotopic (exact) mass is 236 g/mol. The van der Waals surface area contributed by atoms with Crippen molar-refractivity contribution < 1.29 is 4.42 Å². The minimum atomic E-state index is 0.650. The molecule has 84 valence electrons. The Morgan fingerprint density at radius 3 is 3.06 bits per heavy atom. The van der Waals surface area contributed by atoms with Gasteiger partial charge in [-0.15, -0.1) is 0 Å². The number of hydrogen-bond acceptors (Lipinski definition) is 3. The predicted molar refractivity (Wildman–Crippen MR) is 64.3 cm³/mol. The molecule has 16 heavy (non-hydrogen) atoms. The van der Waals surface area contributed by atoms with Crippen LogP contribution in [-0.2, 0) is 6.54 Å². The molecule has 0 unspecified atom stereocenters. The Bertz CT molecular complexity index is 468. The summed E-state index contributed by atoms with van der Waals surface area (Å²) in [5.41, 5.74) is 0.947. The predicted octanol–water partition coefficient (Wildman–Crippen LogP) is 3.10. The van der Waals surface area contributed by atoms with Gasteiger partial charge in [0.15, 0.2) is 5.76 Å². The largest absolute Gasteiger partial charge is 0.439 e. The third kappa shape index (κ3) is 2.62. The number of aromatic nitrogens is 1. The lowest BCUT2D eigenvalue weighted by atomic mass is 10.2. The van der Waals surface area contributed by atoms with Crippen molar-refractivity contribution in [2.24, 2.45) is 0 Å². The summed E-state index contributed by atoms with van der Waals surface area (Å²) in [6, 6.07) is 7.54. The van der Waals surface area contributed by atoms with Crippen molar-refractivity contribution in [3.8, 4) is 11.3 Å². The molecule has 0 aliphatic heterocycles. The van der Waals surface area contributed by atoms with Crippen LogP contribution in [-0.4, -0.2) is 11.5 Å². The Kier molecular flexibility index (Phi) is 3.59. The van der Waals surface area contributed by atoms with Gasteiger partial charge in [0.2, 0.25) is 5.89 Å². The van der Waals surface area contributed by atoms with Gasteiger partial charge in [-0.2, -0.15) is 0 Å². The smallest absolute Gasteiger partial charge is 0.208 e. The first-order chi connectivity index (χ1) is 7.79. The van der Waals surface area contributed by atoms with Crippen molar-refractivity contribution in [1.29, 1.82) is 0 Å². The molecule has 1 aromatic carbocycles. The third-order valence-corrected chi connectivity index (χ3v) is 2.42. The van der Waals surface area contributed by atoms with Crippen molar-refractivity contribution in [2.45, 2.75) is 13.5 Å². The second-order valence-electron chi connectivity index (χ2n) is 3.41. The van der Waals surface area contributed by atoms with E-state index in [-0.39, 0.29) is 0 Å². The van der Waals surface area contributed by atoms with Gasteiger partial charge in [0.25, 0.3) is 0 Å². The van der Waals surface area contributed by atoms with Crippen LogP contribution >= 0.6 is 11.6 Å². The lowest BCUT2D eigenvalue weighted by Gasteiger charge is -1.97. The Balaban J connectivity index is 2.18. The second-order valence-corrected chi connectivity index (χ2v) is 3.85. The van der Waals surface area contributed by atoms with Crippen LogP contribution in [0.2, 0.25) is 5.02 Å². The Morgan fingerprint density at radius 2 is 2.31 bits per heavy atom. The minimum absolute atomic E-state index is 0.650. The molecule has 3 nitrogen and oxygen atoms in total. The van der Waals surface area contributed by atoms with Gasteiger partial charge in [-0.1, -0.05) is 30.7 Å². The van der Waals surface area contributed by atoms with Crippen LogP contribution in [0.25, 0.3) is 11.3 Å². The first-order valence-corrected chi connectivity index (χ1v) is 5.58. The fourth-order valence-electron chi connectivity index (χ4n) is 1.40. The second kappa shape index (κ2) is 5.14. The molecule has 4 heteroatoms. The summed E-state index contributed by atoms with van der Waals surface area (Å²) in [5.74, 6) is 1.44. The summed E-state index contributed by atoms with van der Waals surface area (Å²) in [6.07, 6.45) is 1.72. The number of hydrogen-bond donors (Lipinski definition) is 1. The molecule has 2 aromatic rings. The van der Waals surface area contributed by atoms with Gasteiger partial charge in [0.1, 0.15) is 0 Å². The lowest BCUT2D eigenvalue weighted by molar-refractivity contribution is 0.482. The zero-order valence-corrected chi connectivity index (χ0v) is 9.79. The van der Waals surface area contributed by atoms with Crippen molar-refractivity contribution in [3.05, 3.63) is 41.4 Å². The van der Waals surface area contributed by atoms with Crippen molar-refractivity contribution in [3.63, 3.8) is 0 Å². The molecule has 0 atom stereocenters. The van der Waals surface area contributed by atoms with Crippen molar-refractivity contribution in [1.82, 2.24) is 10.3 Å². The molecule has 1 heterocycles. The zero-order chi connectivity index (χ0) is 11.4. The van der Waals surface area contributed by atoms with Crippen molar-refractivity contribution >= 4 is 11.6 Å². The average molecular weight is 237 g/mol. The minimum Gasteiger partial charge on any atom is -0.439 e. The Hall–Kier alpha value is -1.32. The van der Waals surface area contributed by atoms with Crippen LogP contribution in [0.5, 0.6) is 0 Å². The zero-order valence-electron chi connectivity index (χ0n) is 9.03. The summed E-state index contributed by atoms with van der Waals surface area (Å²) >= 11 is 5.91. The highest BCUT2D eigenvalue weighted by molar-refractivity contribution is 6.30. The van der Waals surface area contributed by atoms with Gasteiger partial charge in [0.05, 0.1) is 12.7 Å². The maximum atomic E-state index is 5.91. The van der Waals surface area contributed by atoms with Crippen molar-refractivity contribution in [2.75, 3.05) is 6.54 Å². The molecule has 1 aromatic heterocycles. The van der Waals surface area contributed by atoms with Gasteiger partial charge in [-0.25, -0.2) is 4.98 Å². The number of nitrogens with zero attached hydrogens (tertiary/aromatic N) is 1. The maximum absolute atomic E-state index is 5.91. The fraction of sp³-hybridized carbons (Fsp3) is 0.250. The number of halogens is 1. The number of benzene rings is 1. The van der Waals surface area contributed by atoms with E-state index >= 15 is 0 Å². The van der Waals surface area contributed by atoms with Gasteiger partial charge in [0, 0.05) is 10.6 Å². The molecule has 0 aliphatic rings. The highest BCUT2D eigenvalue weighted by atomic mass is 35.5. The van der Waals surface area contributed by atoms with E-state index in [1.165, 1.54) is 0 Å². The normalized spacial score (nSPS) is 10.6. The van der Waals surface area contributed by atoms with E-state index in [0.717, 1.165) is 17.9 Å². The molecule has 0 radical (unpaired) electrons. The first kappa shape index (κ1) is 11.2. The Morgan fingerprint density at radius 1 is 1.44 bits per heavy atom. The van der Waals surface area contributed by atoms with Gasteiger partial charge in [-0.05, 0) is 18.7 Å². The molecule has 0 aliphatic carbocycles. The fourth-order valence-corrected chi connectivity index (χ4v) is 1.59. The van der Waals surface area contributed by atoms with Crippen LogP contribution in [0.4, 0.5) is 0 Å². The lowest BCUT2D eigenvalue weighted by Crippen LogP contribution is -2.11. The highest BCUT2D eigenvalue weighted by Gasteiger charge is 2.05. The van der Waals surface area contributed by atoms with Crippen LogP contribution in [0.1, 0.15) is 12.8 Å². The maximum Gasteiger partial charge on any atom is 0.208 e. The standard InChI is InChI=1S/C12H13ClN2O/c1-2-14-8-12-15-7-11(16-12)9-4-3-5-10(13)6-9/h3-7,14H,2,8H2,1H3. The van der Waals surface area contributed by atoms with E-state index in [1.807, 2.05) is 31.2 Å². The van der Waals surface area contributed by atoms with E-state index in [1.54, 1.807) is 6.20 Å². The highest BCUT2D eigenvalue weighted by Crippen LogP contribution is 2.23. The SMILES string of the molecule is CCNCc1ncc(-c2cccc(Cl)c2)o1. The van der Waals surface area contributed by atoms with Gasteiger partial charge in [-0.3, -0.25) is 0 Å². The molecule has 0 saturated heterocycles. The summed E-state index contributed by atoms with van der Waals surface area (Å²) < 4.78 is 5.59. The molecule has 0 bridgehead atoms. The summed E-state index contributed by atoms with van der Waals surface area (Å²) in [5, 5.41) is 3.85. The van der Waals surface area contributed by atoms with Gasteiger partial charge >= 0.3 is 0 Å². The number of oxazole rings is 1. The average Bonchev–Trinajstić information content (AvgIpc) is 2.75. The molecule has 0 fully saturated rings. The van der Waals surface area contributed by atoms with Crippen LogP contribution in [0.3, 0.4) is 0 Å². The van der Waals surface area contributed by atoms with E-state index < -0.39 is 0 Å². The topological polar surface area (TPSA) is 38.1 Å². The Labute approximate surface area is 99.5 Å². The quantitative estimate of drug-likeness (QED) is 0.887. The summed E-state index contributed by atoms with van der Waals surface area (Å²) in [6.45, 7) is 3.59. The van der Waals surface area contributed by atoms with Gasteiger partial charge < -0.3 is 9.73 Å². The molecule has 0 saturated carbocycles. The van der Waals surface area contributed by atoms with E-state index in [9.17, 15) is 0 Å². The van der Waals surface area contributed by atoms with E-state index in [2.05, 4.69) is 10.3 Å². The molecule has 2 rings (SSSR count). The summed E-state index contributed by atoms with van der Waals surface area (Å²) in [7, 11) is 0. The molecular formula is C12H13ClN2O. The first-order valence-electron chi connectivity index (χ1n) is 5.21. The molecule has 1 N–H and O–H groups in total. The van der Waals surface area contributed by atoms with E-state index in [4.69, 9.17) is 16.0 Å². The number of nitrogens with one attached hydrogen (secondary N) is 1. The van der Waals surface area contributed by atoms with E-state index in [0.29, 0.717) is 17.5 Å². The van der Waals surface area contributed by atoms with Crippen LogP contribution in [0, 0.1) is 0 Å². The van der Waals surface area contributed by atoms with Crippen LogP contribution in [0.15, 0.2) is 34.9 Å². The van der Waals surface area contributed by atoms with Crippen LogP contribution < -0.4 is 5.32 Å². The molecular weight excluding hydrogens is 224 g/mol. The third-order valence-electron chi connectivity index (χ3n) is 2.19. The molecule has 0 spiro atoms. The number of rotatable bonds is 4. The summed E-state index contributed by atoms with van der Waals surface area (Å²) in [4.78, 5) is 4.19.